The molecule has 0 saturated heterocycles. The lowest BCUT2D eigenvalue weighted by Crippen LogP contribution is -2.21. The number of rotatable bonds is 2. The van der Waals surface area contributed by atoms with Gasteiger partial charge in [-0.3, -0.25) is 0 Å². The number of anilines is 1. The van der Waals surface area contributed by atoms with E-state index in [0.29, 0.717) is 0 Å². The topological polar surface area (TPSA) is 3.24 Å². The Morgan fingerprint density at radius 2 is 2.23 bits per heavy atom. The van der Waals surface area contributed by atoms with Crippen LogP contribution in [0.5, 0.6) is 0 Å². The van der Waals surface area contributed by atoms with E-state index in [0.717, 1.165) is 0 Å². The zero-order valence-electron chi connectivity index (χ0n) is 8.51. The first kappa shape index (κ1) is 8.61. The van der Waals surface area contributed by atoms with Crippen LogP contribution in [0.25, 0.3) is 0 Å². The molecule has 0 spiro atoms. The average molecular weight is 175 g/mol. The molecule has 13 heavy (non-hydrogen) atoms. The van der Waals surface area contributed by atoms with Gasteiger partial charge < -0.3 is 4.90 Å². The second kappa shape index (κ2) is 3.41. The highest BCUT2D eigenvalue weighted by atomic mass is 15.1. The summed E-state index contributed by atoms with van der Waals surface area (Å²) in [4.78, 5) is 2.52. The number of benzene rings is 1. The zero-order chi connectivity index (χ0) is 9.26. The van der Waals surface area contributed by atoms with Gasteiger partial charge in [-0.15, -0.1) is 0 Å². The van der Waals surface area contributed by atoms with Gasteiger partial charge in [0, 0.05) is 18.8 Å². The average Bonchev–Trinajstić information content (AvgIpc) is 2.51. The number of hydrogen-bond acceptors (Lipinski definition) is 1. The highest BCUT2D eigenvalue weighted by Crippen LogP contribution is 2.30. The Balaban J connectivity index is 2.34. The number of hydrogen-bond donors (Lipinski definition) is 0. The van der Waals surface area contributed by atoms with Crippen molar-refractivity contribution in [1.82, 2.24) is 0 Å². The molecule has 1 aromatic rings. The molecular formula is C12H17N. The van der Waals surface area contributed by atoms with E-state index in [9.17, 15) is 0 Å². The van der Waals surface area contributed by atoms with Crippen molar-refractivity contribution in [3.8, 4) is 0 Å². The van der Waals surface area contributed by atoms with Crippen molar-refractivity contribution < 1.29 is 0 Å². The van der Waals surface area contributed by atoms with Crippen molar-refractivity contribution in [1.29, 1.82) is 0 Å². The van der Waals surface area contributed by atoms with Crippen LogP contribution in [-0.4, -0.2) is 13.1 Å². The molecule has 1 heteroatoms. The Morgan fingerprint density at radius 3 is 3.00 bits per heavy atom. The summed E-state index contributed by atoms with van der Waals surface area (Å²) >= 11 is 0. The monoisotopic (exact) mass is 175 g/mol. The summed E-state index contributed by atoms with van der Waals surface area (Å²) in [5.74, 6) is 0. The highest BCUT2D eigenvalue weighted by Gasteiger charge is 2.19. The fraction of sp³-hybridized carbons (Fsp3) is 0.500. The predicted molar refractivity (Wildman–Crippen MR) is 57.4 cm³/mol. The smallest absolute Gasteiger partial charge is 0.0429 e. The van der Waals surface area contributed by atoms with E-state index < -0.39 is 0 Å². The Hall–Kier alpha value is -0.980. The lowest BCUT2D eigenvalue weighted by molar-refractivity contribution is 0.795. The van der Waals surface area contributed by atoms with Gasteiger partial charge in [0.1, 0.15) is 0 Å². The molecular weight excluding hydrogens is 158 g/mol. The van der Waals surface area contributed by atoms with Crippen LogP contribution in [0, 0.1) is 6.92 Å². The quantitative estimate of drug-likeness (QED) is 0.668. The summed E-state index contributed by atoms with van der Waals surface area (Å²) in [6, 6.07) is 6.65. The fourth-order valence-corrected chi connectivity index (χ4v) is 2.23. The molecule has 2 rings (SSSR count). The maximum atomic E-state index is 2.52. The molecule has 0 N–H and O–H groups in total. The summed E-state index contributed by atoms with van der Waals surface area (Å²) in [6.45, 7) is 6.88. The number of para-hydroxylation sites is 1. The summed E-state index contributed by atoms with van der Waals surface area (Å²) in [5.41, 5.74) is 4.47. The molecule has 70 valence electrons. The first-order valence-corrected chi connectivity index (χ1v) is 5.16. The van der Waals surface area contributed by atoms with Gasteiger partial charge in [0.25, 0.3) is 0 Å². The molecule has 1 aromatic carbocycles. The second-order valence-electron chi connectivity index (χ2n) is 3.82. The SMILES string of the molecule is CCCN1CCc2cccc(C)c21. The summed E-state index contributed by atoms with van der Waals surface area (Å²) in [5, 5.41) is 0. The molecule has 1 aliphatic rings. The zero-order valence-corrected chi connectivity index (χ0v) is 8.51. The van der Waals surface area contributed by atoms with E-state index in [-0.39, 0.29) is 0 Å². The molecule has 0 aliphatic carbocycles. The van der Waals surface area contributed by atoms with Gasteiger partial charge in [0.15, 0.2) is 0 Å². The maximum absolute atomic E-state index is 2.52. The van der Waals surface area contributed by atoms with Crippen molar-refractivity contribution in [3.63, 3.8) is 0 Å². The third-order valence-electron chi connectivity index (χ3n) is 2.78. The van der Waals surface area contributed by atoms with Crippen LogP contribution in [0.1, 0.15) is 24.5 Å². The molecule has 0 amide bonds. The molecule has 1 aliphatic heterocycles. The third-order valence-corrected chi connectivity index (χ3v) is 2.78. The standard InChI is InChI=1S/C12H17N/c1-3-8-13-9-7-11-6-4-5-10(2)12(11)13/h4-6H,3,7-9H2,1-2H3. The van der Waals surface area contributed by atoms with Crippen LogP contribution in [0.2, 0.25) is 0 Å². The summed E-state index contributed by atoms with van der Waals surface area (Å²) in [7, 11) is 0. The Labute approximate surface area is 80.4 Å². The van der Waals surface area contributed by atoms with Crippen molar-refractivity contribution >= 4 is 5.69 Å². The Bertz CT molecular complexity index is 302. The number of aryl methyl sites for hydroxylation is 1. The fourth-order valence-electron chi connectivity index (χ4n) is 2.23. The molecule has 0 aromatic heterocycles. The largest absolute Gasteiger partial charge is 0.371 e. The van der Waals surface area contributed by atoms with Gasteiger partial charge in [0.05, 0.1) is 0 Å². The minimum Gasteiger partial charge on any atom is -0.371 e. The van der Waals surface area contributed by atoms with Crippen molar-refractivity contribution in [2.45, 2.75) is 26.7 Å². The summed E-state index contributed by atoms with van der Waals surface area (Å²) in [6.07, 6.45) is 2.48. The van der Waals surface area contributed by atoms with Gasteiger partial charge in [-0.05, 0) is 30.9 Å². The predicted octanol–water partition coefficient (Wildman–Crippen LogP) is 2.77. The Morgan fingerprint density at radius 1 is 1.38 bits per heavy atom. The lowest BCUT2D eigenvalue weighted by atomic mass is 10.1. The molecule has 0 radical (unpaired) electrons. The minimum absolute atomic E-state index is 1.21. The minimum atomic E-state index is 1.21. The molecule has 1 heterocycles. The van der Waals surface area contributed by atoms with Crippen LogP contribution in [-0.2, 0) is 6.42 Å². The van der Waals surface area contributed by atoms with E-state index in [1.165, 1.54) is 42.7 Å². The van der Waals surface area contributed by atoms with E-state index in [4.69, 9.17) is 0 Å². The second-order valence-corrected chi connectivity index (χ2v) is 3.82. The first-order chi connectivity index (χ1) is 6.33. The van der Waals surface area contributed by atoms with Gasteiger partial charge in [0.2, 0.25) is 0 Å². The van der Waals surface area contributed by atoms with Gasteiger partial charge >= 0.3 is 0 Å². The van der Waals surface area contributed by atoms with E-state index >= 15 is 0 Å². The lowest BCUT2D eigenvalue weighted by Gasteiger charge is -2.20. The summed E-state index contributed by atoms with van der Waals surface area (Å²) < 4.78 is 0. The Kier molecular flexibility index (Phi) is 2.26. The van der Waals surface area contributed by atoms with E-state index in [2.05, 4.69) is 36.9 Å². The molecule has 0 bridgehead atoms. The van der Waals surface area contributed by atoms with Crippen LogP contribution in [0.3, 0.4) is 0 Å². The number of nitrogens with zero attached hydrogens (tertiary/aromatic N) is 1. The van der Waals surface area contributed by atoms with E-state index in [1.54, 1.807) is 0 Å². The molecule has 1 nitrogen and oxygen atoms in total. The van der Waals surface area contributed by atoms with Crippen LogP contribution < -0.4 is 4.90 Å². The van der Waals surface area contributed by atoms with Crippen molar-refractivity contribution in [2.75, 3.05) is 18.0 Å². The van der Waals surface area contributed by atoms with Gasteiger partial charge in [-0.25, -0.2) is 0 Å². The van der Waals surface area contributed by atoms with E-state index in [1.807, 2.05) is 0 Å². The molecule has 0 fully saturated rings. The van der Waals surface area contributed by atoms with Gasteiger partial charge in [-0.1, -0.05) is 25.1 Å². The molecule has 0 saturated carbocycles. The number of fused-ring (bicyclic) bond motifs is 1. The van der Waals surface area contributed by atoms with Crippen LogP contribution >= 0.6 is 0 Å². The van der Waals surface area contributed by atoms with Gasteiger partial charge in [-0.2, -0.15) is 0 Å². The normalized spacial score (nSPS) is 14.8. The van der Waals surface area contributed by atoms with Crippen molar-refractivity contribution in [2.24, 2.45) is 0 Å². The van der Waals surface area contributed by atoms with Crippen LogP contribution in [0.4, 0.5) is 5.69 Å². The molecule has 0 atom stereocenters. The third kappa shape index (κ3) is 1.43. The van der Waals surface area contributed by atoms with Crippen molar-refractivity contribution in [3.05, 3.63) is 29.3 Å². The highest BCUT2D eigenvalue weighted by molar-refractivity contribution is 5.62. The molecule has 0 unspecified atom stereocenters. The van der Waals surface area contributed by atoms with Crippen LogP contribution in [0.15, 0.2) is 18.2 Å². The first-order valence-electron chi connectivity index (χ1n) is 5.16. The maximum Gasteiger partial charge on any atom is 0.0429 e.